The molecule has 0 amide bonds. The second-order valence-electron chi connectivity index (χ2n) is 9.55. The Morgan fingerprint density at radius 2 is 0.806 bits per heavy atom. The minimum absolute atomic E-state index is 0.0904. The van der Waals surface area contributed by atoms with E-state index in [4.69, 9.17) is 4.74 Å². The second kappa shape index (κ2) is 23.8. The minimum Gasteiger partial charge on any atom is -0.393 e. The molecule has 0 aliphatic heterocycles. The Kier molecular flexibility index (Phi) is 23.1. The molecule has 0 saturated carbocycles. The summed E-state index contributed by atoms with van der Waals surface area (Å²) in [7, 11) is 0. The topological polar surface area (TPSA) is 43.4 Å². The first-order valence-electron chi connectivity index (χ1n) is 13.8. The van der Waals surface area contributed by atoms with Gasteiger partial charge in [-0.3, -0.25) is 9.59 Å². The Morgan fingerprint density at radius 3 is 1.10 bits per heavy atom. The van der Waals surface area contributed by atoms with Gasteiger partial charge in [-0.15, -0.1) is 0 Å². The van der Waals surface area contributed by atoms with Gasteiger partial charge < -0.3 is 4.74 Å². The highest BCUT2D eigenvalue weighted by Crippen LogP contribution is 2.21. The Labute approximate surface area is 194 Å². The lowest BCUT2D eigenvalue weighted by molar-refractivity contribution is -0.161. The first-order chi connectivity index (χ1) is 15.1. The lowest BCUT2D eigenvalue weighted by Crippen LogP contribution is -2.20. The Balaban J connectivity index is 3.72. The third kappa shape index (κ3) is 22.1. The lowest BCUT2D eigenvalue weighted by atomic mass is 9.94. The molecule has 31 heavy (non-hydrogen) atoms. The number of esters is 2. The maximum atomic E-state index is 12.2. The molecular weight excluding hydrogens is 384 g/mol. The Bertz CT molecular complexity index is 405. The van der Waals surface area contributed by atoms with Gasteiger partial charge in [-0.25, -0.2) is 0 Å². The number of rotatable bonds is 23. The van der Waals surface area contributed by atoms with Crippen LogP contribution in [0.4, 0.5) is 0 Å². The van der Waals surface area contributed by atoms with Crippen molar-refractivity contribution in [3.8, 4) is 0 Å². The Hall–Kier alpha value is -0.860. The van der Waals surface area contributed by atoms with Crippen molar-refractivity contribution < 1.29 is 14.3 Å². The van der Waals surface area contributed by atoms with Crippen LogP contribution in [0.5, 0.6) is 0 Å². The highest BCUT2D eigenvalue weighted by molar-refractivity contribution is 5.85. The summed E-state index contributed by atoms with van der Waals surface area (Å²) in [6.45, 7) is 5.83. The van der Waals surface area contributed by atoms with E-state index < -0.39 is 5.97 Å². The molecule has 184 valence electrons. The highest BCUT2D eigenvalue weighted by atomic mass is 16.6. The van der Waals surface area contributed by atoms with Crippen LogP contribution in [0.15, 0.2) is 0 Å². The van der Waals surface area contributed by atoms with Crippen LogP contribution in [0.25, 0.3) is 0 Å². The number of unbranched alkanes of at least 4 members (excludes halogenated alkanes) is 18. The maximum Gasteiger partial charge on any atom is 0.316 e. The predicted molar refractivity (Wildman–Crippen MR) is 133 cm³/mol. The van der Waals surface area contributed by atoms with Crippen molar-refractivity contribution in [2.45, 2.75) is 162 Å². The molecule has 0 fully saturated rings. The van der Waals surface area contributed by atoms with Crippen LogP contribution in [0.2, 0.25) is 0 Å². The van der Waals surface area contributed by atoms with Gasteiger partial charge in [0.1, 0.15) is 0 Å². The zero-order valence-corrected chi connectivity index (χ0v) is 21.4. The van der Waals surface area contributed by atoms with Crippen molar-refractivity contribution >= 4 is 11.9 Å². The first-order valence-corrected chi connectivity index (χ1v) is 13.8. The van der Waals surface area contributed by atoms with Gasteiger partial charge >= 0.3 is 11.9 Å². The Morgan fingerprint density at radius 1 is 0.516 bits per heavy atom. The van der Waals surface area contributed by atoms with Gasteiger partial charge in [0, 0.05) is 6.92 Å². The van der Waals surface area contributed by atoms with Crippen LogP contribution in [0, 0.1) is 5.92 Å². The van der Waals surface area contributed by atoms with Crippen molar-refractivity contribution in [3.05, 3.63) is 0 Å². The fourth-order valence-electron chi connectivity index (χ4n) is 4.36. The van der Waals surface area contributed by atoms with Gasteiger partial charge in [-0.05, 0) is 12.8 Å². The molecule has 0 aliphatic rings. The number of hydrogen-bond donors (Lipinski definition) is 0. The van der Waals surface area contributed by atoms with Crippen molar-refractivity contribution in [1.82, 2.24) is 0 Å². The van der Waals surface area contributed by atoms with Gasteiger partial charge in [-0.1, -0.05) is 142 Å². The van der Waals surface area contributed by atoms with Gasteiger partial charge in [0.25, 0.3) is 0 Å². The summed E-state index contributed by atoms with van der Waals surface area (Å²) >= 11 is 0. The molecule has 0 N–H and O–H groups in total. The van der Waals surface area contributed by atoms with E-state index in [1.165, 1.54) is 122 Å². The van der Waals surface area contributed by atoms with E-state index >= 15 is 0 Å². The van der Waals surface area contributed by atoms with Crippen LogP contribution in [0.1, 0.15) is 162 Å². The van der Waals surface area contributed by atoms with Crippen molar-refractivity contribution in [1.29, 1.82) is 0 Å². The van der Waals surface area contributed by atoms with E-state index in [1.54, 1.807) is 0 Å². The minimum atomic E-state index is -0.473. The summed E-state index contributed by atoms with van der Waals surface area (Å²) in [5.41, 5.74) is 0. The molecule has 0 heterocycles. The SMILES string of the molecule is CCCCCCCCCCCCCCCCC(CCCCCCCC)C(=O)OC(C)=O. The van der Waals surface area contributed by atoms with Crippen molar-refractivity contribution in [2.75, 3.05) is 0 Å². The molecule has 0 aromatic carbocycles. The molecule has 0 bridgehead atoms. The fourth-order valence-corrected chi connectivity index (χ4v) is 4.36. The normalized spacial score (nSPS) is 12.1. The largest absolute Gasteiger partial charge is 0.393 e. The molecule has 0 radical (unpaired) electrons. The highest BCUT2D eigenvalue weighted by Gasteiger charge is 2.20. The number of carbonyl (C=O) groups excluding carboxylic acids is 2. The summed E-state index contributed by atoms with van der Waals surface area (Å²) < 4.78 is 4.90. The monoisotopic (exact) mass is 438 g/mol. The quantitative estimate of drug-likeness (QED) is 0.0906. The molecule has 1 atom stereocenters. The molecule has 0 saturated heterocycles. The summed E-state index contributed by atoms with van der Waals surface area (Å²) in [6.07, 6.45) is 27.9. The van der Waals surface area contributed by atoms with Crippen LogP contribution >= 0.6 is 0 Å². The smallest absolute Gasteiger partial charge is 0.316 e. The van der Waals surface area contributed by atoms with E-state index in [0.717, 1.165) is 25.7 Å². The van der Waals surface area contributed by atoms with E-state index in [-0.39, 0.29) is 11.9 Å². The van der Waals surface area contributed by atoms with Gasteiger partial charge in [0.2, 0.25) is 0 Å². The molecule has 3 heteroatoms. The van der Waals surface area contributed by atoms with Gasteiger partial charge in [0.15, 0.2) is 0 Å². The lowest BCUT2D eigenvalue weighted by Gasteiger charge is -2.14. The zero-order valence-electron chi connectivity index (χ0n) is 21.4. The summed E-state index contributed by atoms with van der Waals surface area (Å²) in [6, 6.07) is 0. The summed E-state index contributed by atoms with van der Waals surface area (Å²) in [4.78, 5) is 23.4. The molecule has 1 unspecified atom stereocenters. The molecule has 3 nitrogen and oxygen atoms in total. The second-order valence-corrected chi connectivity index (χ2v) is 9.55. The van der Waals surface area contributed by atoms with E-state index in [2.05, 4.69) is 13.8 Å². The van der Waals surface area contributed by atoms with Gasteiger partial charge in [0.05, 0.1) is 5.92 Å². The molecule has 0 aromatic rings. The third-order valence-electron chi connectivity index (χ3n) is 6.39. The average Bonchev–Trinajstić information content (AvgIpc) is 2.74. The summed E-state index contributed by atoms with van der Waals surface area (Å²) in [5, 5.41) is 0. The standard InChI is InChI=1S/C28H54O3/c1-4-6-8-10-12-13-14-15-16-17-18-19-21-23-25-27(28(30)31-26(3)29)24-22-20-11-9-7-5-2/h27H,4-25H2,1-3H3. The number of carbonyl (C=O) groups is 2. The van der Waals surface area contributed by atoms with E-state index in [1.807, 2.05) is 0 Å². The average molecular weight is 439 g/mol. The third-order valence-corrected chi connectivity index (χ3v) is 6.39. The van der Waals surface area contributed by atoms with Crippen LogP contribution in [-0.2, 0) is 14.3 Å². The number of hydrogen-bond acceptors (Lipinski definition) is 3. The zero-order chi connectivity index (χ0) is 23.0. The van der Waals surface area contributed by atoms with Crippen molar-refractivity contribution in [2.24, 2.45) is 5.92 Å². The molecule has 0 rings (SSSR count). The first kappa shape index (κ1) is 30.1. The number of ether oxygens (including phenoxy) is 1. The van der Waals surface area contributed by atoms with E-state index in [0.29, 0.717) is 0 Å². The van der Waals surface area contributed by atoms with Crippen LogP contribution in [0.3, 0.4) is 0 Å². The molecule has 0 spiro atoms. The van der Waals surface area contributed by atoms with Crippen LogP contribution in [-0.4, -0.2) is 11.9 Å². The summed E-state index contributed by atoms with van der Waals surface area (Å²) in [5.74, 6) is -0.859. The van der Waals surface area contributed by atoms with Crippen LogP contribution < -0.4 is 0 Å². The van der Waals surface area contributed by atoms with Crippen molar-refractivity contribution in [3.63, 3.8) is 0 Å². The van der Waals surface area contributed by atoms with E-state index in [9.17, 15) is 9.59 Å². The predicted octanol–water partition coefficient (Wildman–Crippen LogP) is 9.31. The maximum absolute atomic E-state index is 12.2. The molecule has 0 aliphatic carbocycles. The fraction of sp³-hybridized carbons (Fsp3) is 0.929. The molecule has 0 aromatic heterocycles. The van der Waals surface area contributed by atoms with Gasteiger partial charge in [-0.2, -0.15) is 0 Å². The molecular formula is C28H54O3.